The molecule has 0 saturated heterocycles. The molecule has 1 N–H and O–H groups in total. The van der Waals surface area contributed by atoms with E-state index in [1.54, 1.807) is 0 Å². The molecule has 0 radical (unpaired) electrons. The van der Waals surface area contributed by atoms with Gasteiger partial charge in [0.1, 0.15) is 0 Å². The minimum absolute atomic E-state index is 0.0135. The van der Waals surface area contributed by atoms with Crippen molar-refractivity contribution in [3.8, 4) is 0 Å². The second kappa shape index (κ2) is 9.69. The molecule has 10 atom stereocenters. The zero-order valence-corrected chi connectivity index (χ0v) is 22.7. The molecule has 0 aromatic heterocycles. The number of fused-ring (bicyclic) bond motifs is 5. The van der Waals surface area contributed by atoms with Crippen LogP contribution < -0.4 is 5.32 Å². The fourth-order valence-corrected chi connectivity index (χ4v) is 9.68. The van der Waals surface area contributed by atoms with Crippen molar-refractivity contribution in [3.05, 3.63) is 12.7 Å². The van der Waals surface area contributed by atoms with Crippen molar-refractivity contribution in [3.63, 3.8) is 0 Å². The third-order valence-electron chi connectivity index (χ3n) is 12.2. The Morgan fingerprint density at radius 3 is 2.33 bits per heavy atom. The number of rotatable bonds is 7. The van der Waals surface area contributed by atoms with Crippen LogP contribution in [0.2, 0.25) is 0 Å². The van der Waals surface area contributed by atoms with Gasteiger partial charge in [-0.05, 0) is 122 Å². The average molecular weight is 456 g/mol. The quantitative estimate of drug-likeness (QED) is 0.387. The fourth-order valence-electron chi connectivity index (χ4n) is 9.68. The first-order valence-electron chi connectivity index (χ1n) is 14.5. The molecule has 2 nitrogen and oxygen atoms in total. The SMILES string of the molecule is C=CC(=O)N[C@H]1CC[C@@]2(C)[C@@H](CC[C@@H]3[C@@H]2CC[C@]2(C)[C@@H]([C@H](C)CC[C@@H](C)C(C)C)CC[C@@H]32)C1. The van der Waals surface area contributed by atoms with Crippen LogP contribution in [0.25, 0.3) is 0 Å². The monoisotopic (exact) mass is 455 g/mol. The minimum Gasteiger partial charge on any atom is -0.350 e. The number of carbonyl (C=O) groups excluding carboxylic acids is 1. The van der Waals surface area contributed by atoms with Gasteiger partial charge in [-0.15, -0.1) is 0 Å². The van der Waals surface area contributed by atoms with E-state index in [2.05, 4.69) is 53.4 Å². The molecule has 0 spiro atoms. The highest BCUT2D eigenvalue weighted by Crippen LogP contribution is 2.68. The van der Waals surface area contributed by atoms with Gasteiger partial charge in [-0.2, -0.15) is 0 Å². The van der Waals surface area contributed by atoms with Crippen LogP contribution in [0.4, 0.5) is 0 Å². The molecule has 4 aliphatic rings. The molecule has 0 unspecified atom stereocenters. The molecule has 1 amide bonds. The van der Waals surface area contributed by atoms with Gasteiger partial charge in [0.15, 0.2) is 0 Å². The lowest BCUT2D eigenvalue weighted by molar-refractivity contribution is -0.125. The zero-order valence-electron chi connectivity index (χ0n) is 22.7. The molecule has 4 aliphatic carbocycles. The Morgan fingerprint density at radius 1 is 0.939 bits per heavy atom. The third kappa shape index (κ3) is 4.58. The van der Waals surface area contributed by atoms with Crippen LogP contribution in [0.3, 0.4) is 0 Å². The average Bonchev–Trinajstić information content (AvgIpc) is 3.14. The first kappa shape index (κ1) is 25.3. The first-order valence-corrected chi connectivity index (χ1v) is 14.5. The Hall–Kier alpha value is -0.790. The van der Waals surface area contributed by atoms with Gasteiger partial charge in [0, 0.05) is 6.04 Å². The normalized spacial score (nSPS) is 44.3. The summed E-state index contributed by atoms with van der Waals surface area (Å²) >= 11 is 0. The number of nitrogens with one attached hydrogen (secondary N) is 1. The van der Waals surface area contributed by atoms with E-state index in [4.69, 9.17) is 0 Å². The van der Waals surface area contributed by atoms with E-state index in [9.17, 15) is 4.79 Å². The predicted octanol–water partition coefficient (Wildman–Crippen LogP) is 8.02. The minimum atomic E-state index is 0.0135. The maximum Gasteiger partial charge on any atom is 0.243 e. The molecule has 0 heterocycles. The summed E-state index contributed by atoms with van der Waals surface area (Å²) in [6.45, 7) is 18.8. The molecule has 4 saturated carbocycles. The van der Waals surface area contributed by atoms with Crippen molar-refractivity contribution in [1.29, 1.82) is 0 Å². The molecule has 2 heteroatoms. The van der Waals surface area contributed by atoms with E-state index >= 15 is 0 Å². The van der Waals surface area contributed by atoms with E-state index in [-0.39, 0.29) is 5.91 Å². The van der Waals surface area contributed by atoms with Crippen molar-refractivity contribution >= 4 is 5.91 Å². The Morgan fingerprint density at radius 2 is 1.64 bits per heavy atom. The fraction of sp³-hybridized carbons (Fsp3) is 0.903. The Kier molecular flexibility index (Phi) is 7.43. The third-order valence-corrected chi connectivity index (χ3v) is 12.2. The van der Waals surface area contributed by atoms with Gasteiger partial charge in [-0.25, -0.2) is 0 Å². The smallest absolute Gasteiger partial charge is 0.243 e. The summed E-state index contributed by atoms with van der Waals surface area (Å²) in [5, 5.41) is 3.22. The molecule has 0 aromatic rings. The first-order chi connectivity index (χ1) is 15.6. The van der Waals surface area contributed by atoms with E-state index in [0.717, 1.165) is 53.8 Å². The lowest BCUT2D eigenvalue weighted by Crippen LogP contribution is -2.55. The van der Waals surface area contributed by atoms with Crippen molar-refractivity contribution < 1.29 is 4.79 Å². The maximum absolute atomic E-state index is 11.9. The molecular weight excluding hydrogens is 402 g/mol. The van der Waals surface area contributed by atoms with E-state index in [1.807, 2.05) is 0 Å². The van der Waals surface area contributed by atoms with E-state index < -0.39 is 0 Å². The number of carbonyl (C=O) groups is 1. The molecule has 0 bridgehead atoms. The van der Waals surface area contributed by atoms with Crippen LogP contribution in [0.15, 0.2) is 12.7 Å². The second-order valence-electron chi connectivity index (χ2n) is 13.8. The van der Waals surface area contributed by atoms with Gasteiger partial charge < -0.3 is 5.32 Å². The summed E-state index contributed by atoms with van der Waals surface area (Å²) in [6, 6.07) is 0.365. The lowest BCUT2D eigenvalue weighted by atomic mass is 9.44. The van der Waals surface area contributed by atoms with Gasteiger partial charge >= 0.3 is 0 Å². The van der Waals surface area contributed by atoms with Crippen molar-refractivity contribution in [2.45, 2.75) is 118 Å². The highest BCUT2D eigenvalue weighted by molar-refractivity contribution is 5.87. The Labute approximate surface area is 205 Å². The Bertz CT molecular complexity index is 714. The summed E-state index contributed by atoms with van der Waals surface area (Å²) in [7, 11) is 0. The molecule has 188 valence electrons. The molecule has 4 rings (SSSR count). The van der Waals surface area contributed by atoms with E-state index in [0.29, 0.717) is 16.9 Å². The standard InChI is InChI=1S/C31H53NO/c1-8-29(33)32-24-15-17-30(6)23(19-24)11-12-25-27-14-13-26(31(27,7)18-16-28(25)30)22(5)10-9-21(4)20(2)3/h8,20-28H,1,9-19H2,2-7H3,(H,32,33)/t21-,22-,23+,24+,25+,26-,27+,28+,30+,31-/m1/s1. The molecule has 33 heavy (non-hydrogen) atoms. The van der Waals surface area contributed by atoms with Gasteiger partial charge in [-0.1, -0.05) is 61.0 Å². The summed E-state index contributed by atoms with van der Waals surface area (Å²) < 4.78 is 0. The van der Waals surface area contributed by atoms with Crippen LogP contribution in [0.5, 0.6) is 0 Å². The number of hydrogen-bond acceptors (Lipinski definition) is 1. The van der Waals surface area contributed by atoms with Gasteiger partial charge in [0.2, 0.25) is 5.91 Å². The molecule has 4 fully saturated rings. The van der Waals surface area contributed by atoms with Crippen molar-refractivity contribution in [2.75, 3.05) is 0 Å². The largest absolute Gasteiger partial charge is 0.350 e. The van der Waals surface area contributed by atoms with Gasteiger partial charge in [0.05, 0.1) is 0 Å². The maximum atomic E-state index is 11.9. The van der Waals surface area contributed by atoms with E-state index in [1.165, 1.54) is 70.3 Å². The number of amides is 1. The molecule has 0 aliphatic heterocycles. The summed E-state index contributed by atoms with van der Waals surface area (Å²) in [6.07, 6.45) is 16.7. The highest BCUT2D eigenvalue weighted by atomic mass is 16.1. The predicted molar refractivity (Wildman–Crippen MR) is 140 cm³/mol. The zero-order chi connectivity index (χ0) is 24.0. The highest BCUT2D eigenvalue weighted by Gasteiger charge is 2.60. The lowest BCUT2D eigenvalue weighted by Gasteiger charge is -2.61. The summed E-state index contributed by atoms with van der Waals surface area (Å²) in [4.78, 5) is 11.9. The van der Waals surface area contributed by atoms with Crippen LogP contribution in [0.1, 0.15) is 112 Å². The number of hydrogen-bond donors (Lipinski definition) is 1. The second-order valence-corrected chi connectivity index (χ2v) is 13.8. The van der Waals surface area contributed by atoms with Crippen molar-refractivity contribution in [2.24, 2.45) is 58.2 Å². The van der Waals surface area contributed by atoms with Crippen LogP contribution in [-0.4, -0.2) is 11.9 Å². The summed E-state index contributed by atoms with van der Waals surface area (Å²) in [5.74, 6) is 7.14. The van der Waals surface area contributed by atoms with Gasteiger partial charge in [0.25, 0.3) is 0 Å². The van der Waals surface area contributed by atoms with Crippen molar-refractivity contribution in [1.82, 2.24) is 5.32 Å². The van der Waals surface area contributed by atoms with Crippen LogP contribution in [-0.2, 0) is 4.79 Å². The Balaban J connectivity index is 1.42. The topological polar surface area (TPSA) is 29.1 Å². The van der Waals surface area contributed by atoms with Gasteiger partial charge in [-0.3, -0.25) is 4.79 Å². The molecular formula is C31H53NO. The summed E-state index contributed by atoms with van der Waals surface area (Å²) in [5.41, 5.74) is 1.08. The molecule has 0 aromatic carbocycles. The van der Waals surface area contributed by atoms with Crippen LogP contribution >= 0.6 is 0 Å². The van der Waals surface area contributed by atoms with Crippen LogP contribution in [0, 0.1) is 58.2 Å².